The van der Waals surface area contributed by atoms with E-state index in [1.54, 1.807) is 6.07 Å². The lowest BCUT2D eigenvalue weighted by molar-refractivity contribution is -0.384. The molecule has 0 amide bonds. The Kier molecular flexibility index (Phi) is 4.30. The molecule has 5 nitrogen and oxygen atoms in total. The van der Waals surface area contributed by atoms with Gasteiger partial charge in [-0.1, -0.05) is 38.1 Å². The summed E-state index contributed by atoms with van der Waals surface area (Å²) < 4.78 is 0. The Labute approximate surface area is 117 Å². The van der Waals surface area contributed by atoms with Crippen LogP contribution in [0.1, 0.15) is 30.9 Å². The maximum Gasteiger partial charge on any atom is 0.310 e. The van der Waals surface area contributed by atoms with E-state index < -0.39 is 4.92 Å². The lowest BCUT2D eigenvalue weighted by Gasteiger charge is -2.09. The van der Waals surface area contributed by atoms with Gasteiger partial charge in [-0.2, -0.15) is 0 Å². The predicted octanol–water partition coefficient (Wildman–Crippen LogP) is 3.73. The molecule has 2 rings (SSSR count). The van der Waals surface area contributed by atoms with Crippen molar-refractivity contribution >= 4 is 11.4 Å². The van der Waals surface area contributed by atoms with Gasteiger partial charge in [0.25, 0.3) is 0 Å². The van der Waals surface area contributed by atoms with Gasteiger partial charge >= 0.3 is 5.69 Å². The number of nitrogens with one attached hydrogen (secondary N) is 1. The Bertz CT molecular complexity index is 594. The fraction of sp³-hybridized carbons (Fsp3) is 0.267. The van der Waals surface area contributed by atoms with E-state index in [-0.39, 0.29) is 5.69 Å². The number of pyridine rings is 1. The minimum atomic E-state index is -0.433. The maximum atomic E-state index is 10.9. The van der Waals surface area contributed by atoms with Crippen LogP contribution in [0.5, 0.6) is 0 Å². The highest BCUT2D eigenvalue weighted by atomic mass is 16.6. The number of nitro groups is 1. The molecule has 0 bridgehead atoms. The fourth-order valence-electron chi connectivity index (χ4n) is 1.90. The standard InChI is InChI=1S/C15H17N3O2/c1-11(2)13-5-3-12(4-6-13)9-17-14-7-8-16-10-15(14)18(19)20/h3-8,10-11H,9H2,1-2H3,(H,16,17). The molecule has 2 aromatic rings. The van der Waals surface area contributed by atoms with E-state index in [1.165, 1.54) is 18.0 Å². The van der Waals surface area contributed by atoms with E-state index in [0.717, 1.165) is 5.56 Å². The monoisotopic (exact) mass is 271 g/mol. The van der Waals surface area contributed by atoms with Crippen molar-refractivity contribution in [2.24, 2.45) is 0 Å². The molecule has 0 saturated heterocycles. The van der Waals surface area contributed by atoms with Crippen LogP contribution >= 0.6 is 0 Å². The summed E-state index contributed by atoms with van der Waals surface area (Å²) in [7, 11) is 0. The van der Waals surface area contributed by atoms with Crippen molar-refractivity contribution in [3.8, 4) is 0 Å². The topological polar surface area (TPSA) is 68.1 Å². The molecule has 1 aromatic heterocycles. The second kappa shape index (κ2) is 6.14. The quantitative estimate of drug-likeness (QED) is 0.664. The van der Waals surface area contributed by atoms with E-state index in [0.29, 0.717) is 18.2 Å². The van der Waals surface area contributed by atoms with E-state index in [1.807, 2.05) is 12.1 Å². The number of rotatable bonds is 5. The Hall–Kier alpha value is -2.43. The first-order valence-electron chi connectivity index (χ1n) is 6.49. The molecule has 0 aliphatic heterocycles. The van der Waals surface area contributed by atoms with Gasteiger partial charge in [0.05, 0.1) is 4.92 Å². The molecule has 0 fully saturated rings. The van der Waals surface area contributed by atoms with Crippen LogP contribution in [0.4, 0.5) is 11.4 Å². The Balaban J connectivity index is 2.07. The predicted molar refractivity (Wildman–Crippen MR) is 78.7 cm³/mol. The summed E-state index contributed by atoms with van der Waals surface area (Å²) in [6.45, 7) is 4.84. The molecule has 1 N–H and O–H groups in total. The Morgan fingerprint density at radius 1 is 1.25 bits per heavy atom. The SMILES string of the molecule is CC(C)c1ccc(CNc2ccncc2[N+](=O)[O-])cc1. The first-order chi connectivity index (χ1) is 9.58. The molecule has 1 aromatic carbocycles. The number of hydrogen-bond donors (Lipinski definition) is 1. The molecule has 0 unspecified atom stereocenters. The number of benzene rings is 1. The Morgan fingerprint density at radius 3 is 2.55 bits per heavy atom. The van der Waals surface area contributed by atoms with Crippen molar-refractivity contribution in [3.63, 3.8) is 0 Å². The van der Waals surface area contributed by atoms with Crippen molar-refractivity contribution in [3.05, 3.63) is 64.0 Å². The van der Waals surface area contributed by atoms with Crippen molar-refractivity contribution in [2.45, 2.75) is 26.3 Å². The van der Waals surface area contributed by atoms with Crippen LogP contribution in [0.2, 0.25) is 0 Å². The number of hydrogen-bond acceptors (Lipinski definition) is 4. The molecule has 1 heterocycles. The van der Waals surface area contributed by atoms with Crippen molar-refractivity contribution in [1.29, 1.82) is 0 Å². The zero-order valence-electron chi connectivity index (χ0n) is 11.5. The van der Waals surface area contributed by atoms with Gasteiger partial charge in [0.15, 0.2) is 0 Å². The number of anilines is 1. The molecule has 0 spiro atoms. The van der Waals surface area contributed by atoms with E-state index in [2.05, 4.69) is 36.3 Å². The first kappa shape index (κ1) is 14.0. The van der Waals surface area contributed by atoms with Crippen LogP contribution in [0.25, 0.3) is 0 Å². The summed E-state index contributed by atoms with van der Waals surface area (Å²) in [6.07, 6.45) is 2.79. The second-order valence-electron chi connectivity index (χ2n) is 4.90. The summed E-state index contributed by atoms with van der Waals surface area (Å²) in [5.41, 5.74) is 2.84. The third kappa shape index (κ3) is 3.32. The summed E-state index contributed by atoms with van der Waals surface area (Å²) in [5.74, 6) is 0.498. The highest BCUT2D eigenvalue weighted by molar-refractivity contribution is 5.59. The van der Waals surface area contributed by atoms with Gasteiger partial charge in [-0.25, -0.2) is 0 Å². The zero-order chi connectivity index (χ0) is 14.5. The smallest absolute Gasteiger partial charge is 0.310 e. The third-order valence-corrected chi connectivity index (χ3v) is 3.13. The molecular formula is C15H17N3O2. The maximum absolute atomic E-state index is 10.9. The summed E-state index contributed by atoms with van der Waals surface area (Å²) >= 11 is 0. The van der Waals surface area contributed by atoms with Crippen LogP contribution in [0.3, 0.4) is 0 Å². The molecule has 0 saturated carbocycles. The van der Waals surface area contributed by atoms with E-state index in [4.69, 9.17) is 0 Å². The lowest BCUT2D eigenvalue weighted by Crippen LogP contribution is -2.03. The lowest BCUT2D eigenvalue weighted by atomic mass is 10.0. The largest absolute Gasteiger partial charge is 0.375 e. The van der Waals surface area contributed by atoms with Crippen LogP contribution < -0.4 is 5.32 Å². The van der Waals surface area contributed by atoms with Gasteiger partial charge in [0.1, 0.15) is 11.9 Å². The van der Waals surface area contributed by atoms with Crippen LogP contribution in [-0.4, -0.2) is 9.91 Å². The number of nitrogens with zero attached hydrogens (tertiary/aromatic N) is 2. The normalized spacial score (nSPS) is 10.6. The fourth-order valence-corrected chi connectivity index (χ4v) is 1.90. The van der Waals surface area contributed by atoms with Gasteiger partial charge in [-0.05, 0) is 23.1 Å². The molecule has 0 aliphatic carbocycles. The van der Waals surface area contributed by atoms with Crippen molar-refractivity contribution in [2.75, 3.05) is 5.32 Å². The molecule has 0 radical (unpaired) electrons. The highest BCUT2D eigenvalue weighted by Gasteiger charge is 2.12. The molecule has 0 aliphatic rings. The molecule has 5 heteroatoms. The van der Waals surface area contributed by atoms with E-state index >= 15 is 0 Å². The average molecular weight is 271 g/mol. The molecule has 0 atom stereocenters. The van der Waals surface area contributed by atoms with Gasteiger partial charge in [0, 0.05) is 12.7 Å². The van der Waals surface area contributed by atoms with Crippen LogP contribution in [0.15, 0.2) is 42.7 Å². The molecule has 20 heavy (non-hydrogen) atoms. The van der Waals surface area contributed by atoms with E-state index in [9.17, 15) is 10.1 Å². The van der Waals surface area contributed by atoms with Crippen LogP contribution in [0, 0.1) is 10.1 Å². The van der Waals surface area contributed by atoms with Gasteiger partial charge in [-0.3, -0.25) is 15.1 Å². The van der Waals surface area contributed by atoms with Crippen molar-refractivity contribution < 1.29 is 4.92 Å². The molecular weight excluding hydrogens is 254 g/mol. The Morgan fingerprint density at radius 2 is 1.95 bits per heavy atom. The zero-order valence-corrected chi connectivity index (χ0v) is 11.5. The summed E-state index contributed by atoms with van der Waals surface area (Å²) in [6, 6.07) is 9.86. The summed E-state index contributed by atoms with van der Waals surface area (Å²) in [4.78, 5) is 14.2. The van der Waals surface area contributed by atoms with Crippen LogP contribution in [-0.2, 0) is 6.54 Å². The minimum absolute atomic E-state index is 0.00806. The molecule has 104 valence electrons. The highest BCUT2D eigenvalue weighted by Crippen LogP contribution is 2.23. The summed E-state index contributed by atoms with van der Waals surface area (Å²) in [5, 5.41) is 14.0. The van der Waals surface area contributed by atoms with Gasteiger partial charge < -0.3 is 5.32 Å². The van der Waals surface area contributed by atoms with Crippen molar-refractivity contribution in [1.82, 2.24) is 4.98 Å². The minimum Gasteiger partial charge on any atom is -0.375 e. The number of aromatic nitrogens is 1. The first-order valence-corrected chi connectivity index (χ1v) is 6.49. The second-order valence-corrected chi connectivity index (χ2v) is 4.90. The average Bonchev–Trinajstić information content (AvgIpc) is 2.45. The third-order valence-electron chi connectivity index (χ3n) is 3.13. The van der Waals surface area contributed by atoms with Gasteiger partial charge in [0.2, 0.25) is 0 Å². The van der Waals surface area contributed by atoms with Gasteiger partial charge in [-0.15, -0.1) is 0 Å².